The van der Waals surface area contributed by atoms with Crippen molar-refractivity contribution in [2.75, 3.05) is 93.3 Å². The fourth-order valence-corrected chi connectivity index (χ4v) is 17.5. The molecule has 6 aliphatic heterocycles. The lowest BCUT2D eigenvalue weighted by atomic mass is 9.96. The maximum Gasteiger partial charge on any atom is 0.411 e. The van der Waals surface area contributed by atoms with Crippen LogP contribution in [0.4, 0.5) is 41.0 Å². The number of alkyl carbamates (subject to hydrolysis) is 2. The van der Waals surface area contributed by atoms with E-state index in [1.54, 1.807) is 9.80 Å². The van der Waals surface area contributed by atoms with Gasteiger partial charge in [-0.3, -0.25) is 38.9 Å². The zero-order valence-corrected chi connectivity index (χ0v) is 75.0. The summed E-state index contributed by atoms with van der Waals surface area (Å²) in [5.74, 6) is -3.50. The highest BCUT2D eigenvalue weighted by molar-refractivity contribution is 9.11. The van der Waals surface area contributed by atoms with Crippen molar-refractivity contribution in [1.82, 2.24) is 40.3 Å². The highest BCUT2D eigenvalue weighted by atomic mass is 79.9. The van der Waals surface area contributed by atoms with Gasteiger partial charge in [-0.1, -0.05) is 102 Å². The lowest BCUT2D eigenvalue weighted by molar-refractivity contribution is -0.146. The second-order valence-corrected chi connectivity index (χ2v) is 31.6. The van der Waals surface area contributed by atoms with E-state index in [4.69, 9.17) is 43.6 Å². The molecule has 0 saturated carbocycles. The van der Waals surface area contributed by atoms with Gasteiger partial charge in [0, 0.05) is 133 Å². The van der Waals surface area contributed by atoms with Gasteiger partial charge in [0.25, 0.3) is 0 Å². The van der Waals surface area contributed by atoms with Crippen LogP contribution in [-0.2, 0) is 110 Å². The van der Waals surface area contributed by atoms with E-state index in [1.807, 2.05) is 146 Å². The van der Waals surface area contributed by atoms with E-state index in [2.05, 4.69) is 92.9 Å². The van der Waals surface area contributed by atoms with Crippen LogP contribution in [0.2, 0.25) is 0 Å². The third-order valence-electron chi connectivity index (χ3n) is 22.0. The Labute approximate surface area is 742 Å². The van der Waals surface area contributed by atoms with E-state index >= 15 is 0 Å². The van der Waals surface area contributed by atoms with Crippen molar-refractivity contribution in [2.45, 2.75) is 125 Å². The quantitative estimate of drug-likeness (QED) is 0.0393. The van der Waals surface area contributed by atoms with E-state index < -0.39 is 115 Å². The minimum Gasteiger partial charge on any atom is -0.468 e. The fourth-order valence-electron chi connectivity index (χ4n) is 16.4. The number of aromatic amines is 3. The Hall–Kier alpha value is -12.8. The summed E-state index contributed by atoms with van der Waals surface area (Å²) in [7, 11) is 14.1. The van der Waals surface area contributed by atoms with E-state index in [0.717, 1.165) is 96.6 Å². The summed E-state index contributed by atoms with van der Waals surface area (Å²) in [6, 6.07) is 36.1. The number of hydrogen-bond acceptors (Lipinski definition) is 26. The number of hydrogen-bond donors (Lipinski definition) is 7. The van der Waals surface area contributed by atoms with Gasteiger partial charge in [0.15, 0.2) is 0 Å². The van der Waals surface area contributed by atoms with E-state index in [0.29, 0.717) is 38.5 Å². The van der Waals surface area contributed by atoms with Gasteiger partial charge >= 0.3 is 66.3 Å². The molecule has 0 aliphatic carbocycles. The number of nitrogens with zero attached hydrogens (tertiary/aromatic N) is 5. The fraction of sp³-hybridized carbons (Fsp3) is 0.360. The number of likely N-dealkylation sites (tertiary alicyclic amines) is 3. The van der Waals surface area contributed by atoms with Gasteiger partial charge in [-0.15, -0.1) is 0 Å². The monoisotopic (exact) mass is 1920 g/mol. The van der Waals surface area contributed by atoms with E-state index in [-0.39, 0.29) is 35.7 Å². The molecule has 664 valence electrons. The third-order valence-corrected chi connectivity index (χ3v) is 23.4. The number of anilines is 3. The van der Waals surface area contributed by atoms with Crippen molar-refractivity contribution in [2.24, 2.45) is 5.73 Å². The van der Waals surface area contributed by atoms with E-state index in [1.165, 1.54) is 107 Å². The Morgan fingerprint density at radius 3 is 1.25 bits per heavy atom. The molecule has 8 N–H and O–H groups in total. The molecule has 0 spiro atoms. The average molecular weight is 1920 g/mol. The Bertz CT molecular complexity index is 5510. The first-order valence-corrected chi connectivity index (χ1v) is 41.2. The van der Waals surface area contributed by atoms with Gasteiger partial charge < -0.3 is 88.7 Å². The Morgan fingerprint density at radius 1 is 0.400 bits per heavy atom. The van der Waals surface area contributed by atoms with Crippen LogP contribution in [0.1, 0.15) is 84.2 Å². The highest BCUT2D eigenvalue weighted by Gasteiger charge is 2.58. The number of esters is 6. The topological polar surface area (TPSA) is 449 Å². The zero-order chi connectivity index (χ0) is 90.9. The number of para-hydroxylation sites is 3. The standard InChI is InChI=1S/C16H17BrN2O5.C16H18N2O5.C14H15BrN2O4.2C14H16N2O4.C12H13BrN2O2/c1-8(20)18-12-5-4-9(17)6-10(12)11-7-13(15(21)23-2)19(14(11)18)16(22)24-3;1-9(19)17-12-7-5-4-6-10(12)11-8-13(15(20)22-2)18(14(11)17)16(21)23-3;1-20-13(18)12(17-14(19)21-2)5-8-7-16-11-4-3-9(15)6-10(8)11;1-19-13(17)11-7-9-8-5-3-4-6-10(8)15-12(9)16(11)14(18)20-2;1-19-13(17)12(16-14(18)20-2)7-9-8-15-11-6-4-3-5-10(9)11;1-17-12(16)10(14)4-7-6-15-11-3-2-8(13)5-9(7)11/h4-6,11,13-14H,7H2,1-3H3;4-7,11,13-14H,8H2,1-3H3;3-4,6-7,12,16H,5H2,1-2H3,(H,17,19);3-6,9,11-12,15H,7H2,1-2H3;3-6,8,12,15H,7H2,1-2H3,(H,16,18);2-3,5-6,10,15H,4,14H2,1H3/t2*11?,13-,14?;12-;9?,11-,12?;12-;10-/m000000/s1. The molecule has 6 unspecified atom stereocenters. The maximum absolute atomic E-state index is 12.3. The predicted octanol–water partition coefficient (Wildman–Crippen LogP) is 11.2. The number of benzene rings is 6. The van der Waals surface area contributed by atoms with Crippen LogP contribution in [0, 0.1) is 0 Å². The van der Waals surface area contributed by atoms with Gasteiger partial charge in [0.05, 0.1) is 78.2 Å². The molecule has 36 nitrogen and oxygen atoms in total. The lowest BCUT2D eigenvalue weighted by Crippen LogP contribution is -2.53. The molecule has 7 amide bonds. The van der Waals surface area contributed by atoms with Crippen LogP contribution in [-0.4, -0.2) is 241 Å². The molecule has 9 heterocycles. The third kappa shape index (κ3) is 20.9. The van der Waals surface area contributed by atoms with Crippen LogP contribution in [0.5, 0.6) is 0 Å². The van der Waals surface area contributed by atoms with Crippen molar-refractivity contribution in [3.05, 3.63) is 193 Å². The van der Waals surface area contributed by atoms with Crippen molar-refractivity contribution >= 4 is 176 Å². The van der Waals surface area contributed by atoms with Crippen LogP contribution in [0.3, 0.4) is 0 Å². The molecule has 15 rings (SSSR count). The van der Waals surface area contributed by atoms with Gasteiger partial charge in [0.1, 0.15) is 54.7 Å². The second kappa shape index (κ2) is 42.6. The smallest absolute Gasteiger partial charge is 0.411 e. The Kier molecular flexibility index (Phi) is 32.2. The van der Waals surface area contributed by atoms with Gasteiger partial charge in [-0.25, -0.2) is 47.9 Å². The summed E-state index contributed by atoms with van der Waals surface area (Å²) < 4.78 is 54.8. The number of rotatable bonds is 14. The number of fused-ring (bicyclic) bond motifs is 12. The van der Waals surface area contributed by atoms with Crippen LogP contribution >= 0.6 is 47.8 Å². The summed E-state index contributed by atoms with van der Waals surface area (Å²) in [6.45, 7) is 2.88. The predicted molar refractivity (Wildman–Crippen MR) is 465 cm³/mol. The molecular weight excluding hydrogens is 1820 g/mol. The van der Waals surface area contributed by atoms with Gasteiger partial charge in [-0.2, -0.15) is 0 Å². The maximum atomic E-state index is 12.3. The van der Waals surface area contributed by atoms with Crippen LogP contribution in [0.25, 0.3) is 32.7 Å². The minimum absolute atomic E-state index is 0.0781. The molecule has 3 fully saturated rings. The molecule has 12 atom stereocenters. The molecule has 6 aliphatic rings. The molecule has 6 aromatic carbocycles. The zero-order valence-electron chi connectivity index (χ0n) is 70.3. The lowest BCUT2D eigenvalue weighted by Gasteiger charge is -2.33. The summed E-state index contributed by atoms with van der Waals surface area (Å²) >= 11 is 10.3. The number of aromatic nitrogens is 3. The number of nitrogens with one attached hydrogen (secondary N) is 6. The van der Waals surface area contributed by atoms with E-state index in [9.17, 15) is 62.3 Å². The summed E-state index contributed by atoms with van der Waals surface area (Å²) in [4.78, 5) is 171. The Balaban J connectivity index is 0.000000157. The number of nitrogens with two attached hydrogens (primary N) is 1. The highest BCUT2D eigenvalue weighted by Crippen LogP contribution is 2.53. The van der Waals surface area contributed by atoms with Crippen molar-refractivity contribution in [1.29, 1.82) is 0 Å². The van der Waals surface area contributed by atoms with Crippen molar-refractivity contribution in [3.63, 3.8) is 0 Å². The number of amides is 7. The molecular formula is C86H95Br3N12O24. The first kappa shape index (κ1) is 94.5. The molecule has 39 heteroatoms. The SMILES string of the molecule is COC(=O)N[C@@H](Cc1c[nH]c2ccc(Br)cc12)C(=O)OC.COC(=O)N[C@@H](Cc1c[nH]c2ccccc12)C(=O)OC.COC(=O)[C@@H](N)Cc1c[nH]c2ccc(Br)cc12.COC(=O)[C@@H]1CC2c3cc(Br)ccc3N(C(C)=O)C2N1C(=O)OC.COC(=O)[C@@H]1CC2c3ccccc3N(C(C)=O)C2N1C(=O)OC.COC(=O)[C@@H]1CC2c3ccccc3NC2N1C(=O)OC. The normalized spacial score (nSPS) is 19.1. The first-order chi connectivity index (χ1) is 59.9. The largest absolute Gasteiger partial charge is 0.468 e. The van der Waals surface area contributed by atoms with Crippen molar-refractivity contribution < 1.29 is 114 Å². The molecule has 125 heavy (non-hydrogen) atoms. The van der Waals surface area contributed by atoms with Gasteiger partial charge in [-0.05, 0) is 125 Å². The average Bonchev–Trinajstić information content (AvgIpc) is 1.58. The second-order valence-electron chi connectivity index (χ2n) is 28.9. The number of H-pyrrole nitrogens is 3. The number of methoxy groups -OCH3 is 11. The summed E-state index contributed by atoms with van der Waals surface area (Å²) in [6.07, 6.45) is 3.32. The van der Waals surface area contributed by atoms with Crippen LogP contribution < -0.4 is 31.5 Å². The molecule has 3 saturated heterocycles. The molecule has 9 aromatic rings. The minimum atomic E-state index is -0.805. The number of ether oxygens (including phenoxy) is 11. The van der Waals surface area contributed by atoms with Crippen molar-refractivity contribution in [3.8, 4) is 0 Å². The molecule has 3 aromatic heterocycles. The summed E-state index contributed by atoms with van der Waals surface area (Å²) in [5, 5.41) is 11.3. The Morgan fingerprint density at radius 2 is 0.784 bits per heavy atom. The summed E-state index contributed by atoms with van der Waals surface area (Å²) in [5.41, 5.74) is 17.1. The first-order valence-electron chi connectivity index (χ1n) is 38.8. The molecule has 0 bridgehead atoms. The molecule has 0 radical (unpaired) electrons. The van der Waals surface area contributed by atoms with Gasteiger partial charge in [0.2, 0.25) is 11.8 Å². The van der Waals surface area contributed by atoms with Crippen LogP contribution in [0.15, 0.2) is 159 Å². The number of carbonyl (C=O) groups excluding carboxylic acids is 13. The number of halogens is 3. The number of carbonyl (C=O) groups is 13.